The molecule has 5 rings (SSSR count). The summed E-state index contributed by atoms with van der Waals surface area (Å²) in [4.78, 5) is 8.93. The minimum Gasteiger partial charge on any atom is -0.493 e. The van der Waals surface area contributed by atoms with Gasteiger partial charge in [0.05, 0.1) is 30.0 Å². The molecule has 5 nitrogen and oxygen atoms in total. The fourth-order valence-corrected chi connectivity index (χ4v) is 4.35. The Bertz CT molecular complexity index is 1400. The maximum atomic E-state index is 14.9. The molecule has 0 radical (unpaired) electrons. The molecule has 2 heterocycles. The van der Waals surface area contributed by atoms with Crippen LogP contribution in [0.25, 0.3) is 31.7 Å². The van der Waals surface area contributed by atoms with Crippen LogP contribution in [0.1, 0.15) is 0 Å². The molecule has 0 N–H and O–H groups in total. The van der Waals surface area contributed by atoms with Crippen molar-refractivity contribution >= 4 is 32.5 Å². The van der Waals surface area contributed by atoms with E-state index < -0.39 is 5.82 Å². The minimum absolute atomic E-state index is 0.123. The molecule has 0 spiro atoms. The first kappa shape index (κ1) is 19.3. The van der Waals surface area contributed by atoms with Crippen LogP contribution in [-0.4, -0.2) is 24.2 Å². The average Bonchev–Trinajstić information content (AvgIpc) is 3.22. The largest absolute Gasteiger partial charge is 0.493 e. The maximum Gasteiger partial charge on any atom is 0.167 e. The number of benzene rings is 3. The number of nitrogens with zero attached hydrogens (tertiary/aromatic N) is 2. The first-order valence-electron chi connectivity index (χ1n) is 9.50. The van der Waals surface area contributed by atoms with Gasteiger partial charge in [0.15, 0.2) is 23.1 Å². The van der Waals surface area contributed by atoms with Gasteiger partial charge < -0.3 is 14.2 Å². The number of thiazole rings is 1. The Labute approximate surface area is 181 Å². The molecule has 7 heteroatoms. The van der Waals surface area contributed by atoms with Crippen LogP contribution in [0.2, 0.25) is 0 Å². The number of hydrogen-bond donors (Lipinski definition) is 0. The van der Waals surface area contributed by atoms with Crippen molar-refractivity contribution in [3.63, 3.8) is 0 Å². The number of ether oxygens (including phenoxy) is 3. The van der Waals surface area contributed by atoms with E-state index in [1.54, 1.807) is 44.7 Å². The fourth-order valence-electron chi connectivity index (χ4n) is 3.37. The van der Waals surface area contributed by atoms with Gasteiger partial charge >= 0.3 is 0 Å². The monoisotopic (exact) mass is 432 g/mol. The maximum absolute atomic E-state index is 14.9. The molecule has 0 fully saturated rings. The van der Waals surface area contributed by atoms with Crippen LogP contribution in [0.5, 0.6) is 23.0 Å². The summed E-state index contributed by atoms with van der Waals surface area (Å²) in [7, 11) is 3.12. The van der Waals surface area contributed by atoms with E-state index >= 15 is 0 Å². The van der Waals surface area contributed by atoms with Gasteiger partial charge in [0.25, 0.3) is 0 Å². The Morgan fingerprint density at radius 1 is 0.806 bits per heavy atom. The topological polar surface area (TPSA) is 53.5 Å². The molecular formula is C24H17FN2O3S. The lowest BCUT2D eigenvalue weighted by Gasteiger charge is -2.12. The Morgan fingerprint density at radius 3 is 2.35 bits per heavy atom. The lowest BCUT2D eigenvalue weighted by molar-refractivity contribution is 0.355. The molecule has 0 saturated carbocycles. The van der Waals surface area contributed by atoms with Crippen molar-refractivity contribution in [3.05, 3.63) is 72.7 Å². The zero-order chi connectivity index (χ0) is 21.4. The highest BCUT2D eigenvalue weighted by Gasteiger charge is 2.15. The third kappa shape index (κ3) is 3.53. The van der Waals surface area contributed by atoms with Crippen molar-refractivity contribution < 1.29 is 18.6 Å². The molecule has 31 heavy (non-hydrogen) atoms. The second-order valence-electron chi connectivity index (χ2n) is 6.77. The van der Waals surface area contributed by atoms with Crippen LogP contribution in [-0.2, 0) is 0 Å². The van der Waals surface area contributed by atoms with Crippen LogP contribution >= 0.6 is 11.3 Å². The quantitative estimate of drug-likeness (QED) is 0.319. The first-order chi connectivity index (χ1) is 15.2. The number of methoxy groups -OCH3 is 2. The van der Waals surface area contributed by atoms with Gasteiger partial charge in [0, 0.05) is 35.3 Å². The smallest absolute Gasteiger partial charge is 0.167 e. The zero-order valence-electron chi connectivity index (χ0n) is 16.8. The Morgan fingerprint density at radius 2 is 1.58 bits per heavy atom. The first-order valence-corrected chi connectivity index (χ1v) is 10.3. The second-order valence-corrected chi connectivity index (χ2v) is 7.80. The summed E-state index contributed by atoms with van der Waals surface area (Å²) in [6.07, 6.45) is 1.61. The molecule has 3 aromatic carbocycles. The van der Waals surface area contributed by atoms with E-state index in [9.17, 15) is 4.39 Å². The van der Waals surface area contributed by atoms with E-state index in [2.05, 4.69) is 9.97 Å². The van der Waals surface area contributed by atoms with Gasteiger partial charge in [-0.1, -0.05) is 30.3 Å². The SMILES string of the molecule is COc1cc2nccc(Oc3cc4sc(-c5ccccc5)nc4cc3F)c2cc1OC. The lowest BCUT2D eigenvalue weighted by atomic mass is 10.2. The number of fused-ring (bicyclic) bond motifs is 2. The zero-order valence-corrected chi connectivity index (χ0v) is 17.6. The number of aromatic nitrogens is 2. The summed E-state index contributed by atoms with van der Waals surface area (Å²) in [5.74, 6) is 1.21. The molecule has 5 aromatic rings. The fraction of sp³-hybridized carbons (Fsp3) is 0.0833. The summed E-state index contributed by atoms with van der Waals surface area (Å²) in [5, 5.41) is 1.52. The van der Waals surface area contributed by atoms with Crippen molar-refractivity contribution in [1.82, 2.24) is 9.97 Å². The average molecular weight is 432 g/mol. The third-order valence-corrected chi connectivity index (χ3v) is 5.96. The van der Waals surface area contributed by atoms with Gasteiger partial charge in [-0.15, -0.1) is 11.3 Å². The van der Waals surface area contributed by atoms with Crippen LogP contribution in [0.4, 0.5) is 4.39 Å². The molecule has 0 aliphatic carbocycles. The van der Waals surface area contributed by atoms with Gasteiger partial charge in [-0.05, 0) is 12.1 Å². The van der Waals surface area contributed by atoms with E-state index in [-0.39, 0.29) is 5.75 Å². The number of pyridine rings is 1. The summed E-state index contributed by atoms with van der Waals surface area (Å²) in [6, 6.07) is 18.1. The standard InChI is InChI=1S/C24H17FN2O3S/c1-28-21-10-15-17(12-22(21)29-2)26-9-8-19(15)30-20-13-23-18(11-16(20)25)27-24(31-23)14-6-4-3-5-7-14/h3-13H,1-2H3. The van der Waals surface area contributed by atoms with E-state index in [1.165, 1.54) is 17.4 Å². The molecule has 0 aliphatic rings. The van der Waals surface area contributed by atoms with Crippen LogP contribution < -0.4 is 14.2 Å². The molecule has 2 aromatic heterocycles. The van der Waals surface area contributed by atoms with Crippen LogP contribution in [0.3, 0.4) is 0 Å². The number of rotatable bonds is 5. The molecular weight excluding hydrogens is 415 g/mol. The molecule has 0 amide bonds. The number of hydrogen-bond acceptors (Lipinski definition) is 6. The normalized spacial score (nSPS) is 11.1. The van der Waals surface area contributed by atoms with Crippen molar-refractivity contribution in [2.75, 3.05) is 14.2 Å². The van der Waals surface area contributed by atoms with Gasteiger partial charge in [-0.2, -0.15) is 0 Å². The predicted octanol–water partition coefficient (Wildman–Crippen LogP) is 6.46. The summed E-state index contributed by atoms with van der Waals surface area (Å²) < 4.78 is 32.4. The Kier molecular flexibility index (Phi) is 4.88. The minimum atomic E-state index is -0.483. The lowest BCUT2D eigenvalue weighted by Crippen LogP contribution is -1.94. The predicted molar refractivity (Wildman–Crippen MR) is 120 cm³/mol. The van der Waals surface area contributed by atoms with Crippen LogP contribution in [0, 0.1) is 5.82 Å². The third-order valence-electron chi connectivity index (χ3n) is 4.89. The Hall–Kier alpha value is -3.71. The molecule has 154 valence electrons. The van der Waals surface area contributed by atoms with Gasteiger partial charge in [-0.25, -0.2) is 9.37 Å². The molecule has 0 aliphatic heterocycles. The van der Waals surface area contributed by atoms with Gasteiger partial charge in [-0.3, -0.25) is 4.98 Å². The molecule has 0 saturated heterocycles. The van der Waals surface area contributed by atoms with E-state index in [1.807, 2.05) is 30.3 Å². The second kappa shape index (κ2) is 7.85. The summed E-state index contributed by atoms with van der Waals surface area (Å²) in [6.45, 7) is 0. The van der Waals surface area contributed by atoms with Crippen molar-refractivity contribution in [2.45, 2.75) is 0 Å². The van der Waals surface area contributed by atoms with E-state index in [4.69, 9.17) is 14.2 Å². The highest BCUT2D eigenvalue weighted by molar-refractivity contribution is 7.21. The van der Waals surface area contributed by atoms with Crippen molar-refractivity contribution in [1.29, 1.82) is 0 Å². The Balaban J connectivity index is 1.57. The number of halogens is 1. The van der Waals surface area contributed by atoms with Gasteiger partial charge in [0.2, 0.25) is 0 Å². The molecule has 0 atom stereocenters. The van der Waals surface area contributed by atoms with Crippen molar-refractivity contribution in [2.24, 2.45) is 0 Å². The van der Waals surface area contributed by atoms with E-state index in [0.29, 0.717) is 33.7 Å². The highest BCUT2D eigenvalue weighted by atomic mass is 32.1. The summed E-state index contributed by atoms with van der Waals surface area (Å²) >= 11 is 1.49. The molecule has 0 unspecified atom stereocenters. The van der Waals surface area contributed by atoms with E-state index in [0.717, 1.165) is 15.3 Å². The highest BCUT2D eigenvalue weighted by Crippen LogP contribution is 2.39. The molecule has 0 bridgehead atoms. The summed E-state index contributed by atoms with van der Waals surface area (Å²) in [5.41, 5.74) is 2.24. The van der Waals surface area contributed by atoms with Gasteiger partial charge in [0.1, 0.15) is 10.8 Å². The van der Waals surface area contributed by atoms with Crippen LogP contribution in [0.15, 0.2) is 66.9 Å². The van der Waals surface area contributed by atoms with Crippen molar-refractivity contribution in [3.8, 4) is 33.6 Å².